The predicted octanol–water partition coefficient (Wildman–Crippen LogP) is 1.11. The molecule has 1 aromatic rings. The number of aliphatic hydroxyl groups excluding tert-OH is 1. The number of anilines is 1. The molecule has 0 bridgehead atoms. The lowest BCUT2D eigenvalue weighted by Gasteiger charge is -2.25. The van der Waals surface area contributed by atoms with Gasteiger partial charge in [-0.1, -0.05) is 0 Å². The van der Waals surface area contributed by atoms with Crippen molar-refractivity contribution < 1.29 is 18.3 Å². The molecule has 1 aliphatic rings. The van der Waals surface area contributed by atoms with Gasteiger partial charge in [-0.3, -0.25) is 0 Å². The molecule has 0 aromatic heterocycles. The summed E-state index contributed by atoms with van der Waals surface area (Å²) in [6.07, 6.45) is 2.90. The van der Waals surface area contributed by atoms with Gasteiger partial charge in [0.05, 0.1) is 18.9 Å². The quantitative estimate of drug-likeness (QED) is 0.707. The van der Waals surface area contributed by atoms with Gasteiger partial charge < -0.3 is 15.6 Å². The van der Waals surface area contributed by atoms with Crippen molar-refractivity contribution in [2.75, 3.05) is 19.4 Å². The van der Waals surface area contributed by atoms with Crippen LogP contribution in [0.1, 0.15) is 25.7 Å². The Kier molecular flexibility index (Phi) is 5.08. The summed E-state index contributed by atoms with van der Waals surface area (Å²) in [5.74, 6) is 0.787. The zero-order chi connectivity index (χ0) is 15.5. The van der Waals surface area contributed by atoms with Crippen LogP contribution in [0.25, 0.3) is 0 Å². The number of nitrogens with two attached hydrogens (primary N) is 1. The summed E-state index contributed by atoms with van der Waals surface area (Å²) in [4.78, 5) is 0.0687. The molecule has 4 N–H and O–H groups in total. The molecule has 7 heteroatoms. The van der Waals surface area contributed by atoms with Gasteiger partial charge in [-0.2, -0.15) is 0 Å². The van der Waals surface area contributed by atoms with Crippen molar-refractivity contribution in [2.45, 2.75) is 36.7 Å². The third kappa shape index (κ3) is 4.09. The Morgan fingerprint density at radius 3 is 2.57 bits per heavy atom. The summed E-state index contributed by atoms with van der Waals surface area (Å²) in [5, 5.41) is 9.45. The lowest BCUT2D eigenvalue weighted by atomic mass is 9.88. The van der Waals surface area contributed by atoms with Crippen LogP contribution in [-0.2, 0) is 10.0 Å². The lowest BCUT2D eigenvalue weighted by Crippen LogP contribution is -2.32. The van der Waals surface area contributed by atoms with Gasteiger partial charge in [0.25, 0.3) is 0 Å². The maximum atomic E-state index is 12.3. The largest absolute Gasteiger partial charge is 0.497 e. The van der Waals surface area contributed by atoms with Gasteiger partial charge in [-0.25, -0.2) is 13.1 Å². The van der Waals surface area contributed by atoms with Crippen LogP contribution in [0.4, 0.5) is 5.69 Å². The highest BCUT2D eigenvalue weighted by atomic mass is 32.2. The molecular weight excluding hydrogens is 292 g/mol. The topological polar surface area (TPSA) is 102 Å². The van der Waals surface area contributed by atoms with Gasteiger partial charge in [0, 0.05) is 12.6 Å². The van der Waals surface area contributed by atoms with Gasteiger partial charge in [0.2, 0.25) is 10.0 Å². The number of aliphatic hydroxyl groups is 1. The fourth-order valence-corrected chi connectivity index (χ4v) is 3.78. The molecule has 0 atom stereocenters. The fraction of sp³-hybridized carbons (Fsp3) is 0.571. The van der Waals surface area contributed by atoms with Crippen LogP contribution in [0.15, 0.2) is 23.1 Å². The van der Waals surface area contributed by atoms with Crippen LogP contribution in [0.5, 0.6) is 5.75 Å². The Labute approximate surface area is 125 Å². The molecule has 0 radical (unpaired) electrons. The minimum atomic E-state index is -3.62. The third-order valence-electron chi connectivity index (χ3n) is 3.88. The molecular formula is C14H22N2O4S. The number of hydrogen-bond donors (Lipinski definition) is 3. The van der Waals surface area contributed by atoms with E-state index in [1.807, 2.05) is 0 Å². The number of nitrogen functional groups attached to an aromatic ring is 1. The molecule has 1 fully saturated rings. The highest BCUT2D eigenvalue weighted by Crippen LogP contribution is 2.26. The van der Waals surface area contributed by atoms with Crippen molar-refractivity contribution in [3.63, 3.8) is 0 Å². The Morgan fingerprint density at radius 1 is 1.33 bits per heavy atom. The van der Waals surface area contributed by atoms with E-state index in [2.05, 4.69) is 4.72 Å². The first-order valence-electron chi connectivity index (χ1n) is 7.03. The number of sulfonamides is 1. The first kappa shape index (κ1) is 16.1. The fourth-order valence-electron chi connectivity index (χ4n) is 2.55. The van der Waals surface area contributed by atoms with E-state index in [9.17, 15) is 13.5 Å². The van der Waals surface area contributed by atoms with E-state index in [1.54, 1.807) is 6.07 Å². The van der Waals surface area contributed by atoms with Crippen LogP contribution < -0.4 is 15.2 Å². The Hall–Kier alpha value is -1.31. The summed E-state index contributed by atoms with van der Waals surface area (Å²) in [5.41, 5.74) is 5.95. The van der Waals surface area contributed by atoms with Crippen LogP contribution in [-0.4, -0.2) is 33.3 Å². The summed E-state index contributed by atoms with van der Waals surface area (Å²) in [6.45, 7) is 0.376. The SMILES string of the molecule is COc1ccc(S(=O)(=O)NCC2CCC(O)CC2)c(N)c1. The van der Waals surface area contributed by atoms with Gasteiger partial charge in [0.1, 0.15) is 10.6 Å². The Morgan fingerprint density at radius 2 is 2.00 bits per heavy atom. The number of ether oxygens (including phenoxy) is 1. The van der Waals surface area contributed by atoms with E-state index >= 15 is 0 Å². The number of nitrogens with one attached hydrogen (secondary N) is 1. The van der Waals surface area contributed by atoms with Crippen molar-refractivity contribution in [2.24, 2.45) is 5.92 Å². The standard InChI is InChI=1S/C14H22N2O4S/c1-20-12-6-7-14(13(15)8-12)21(18,19)16-9-10-2-4-11(17)5-3-10/h6-8,10-11,16-17H,2-5,9,15H2,1H3. The molecule has 118 valence electrons. The van der Waals surface area contributed by atoms with Gasteiger partial charge in [-0.05, 0) is 43.7 Å². The summed E-state index contributed by atoms with van der Waals surface area (Å²) >= 11 is 0. The minimum Gasteiger partial charge on any atom is -0.497 e. The van der Waals surface area contributed by atoms with Crippen molar-refractivity contribution in [1.82, 2.24) is 4.72 Å². The van der Waals surface area contributed by atoms with Crippen molar-refractivity contribution >= 4 is 15.7 Å². The van der Waals surface area contributed by atoms with Crippen LogP contribution in [0.3, 0.4) is 0 Å². The first-order valence-corrected chi connectivity index (χ1v) is 8.52. The molecule has 0 spiro atoms. The zero-order valence-corrected chi connectivity index (χ0v) is 12.9. The molecule has 0 unspecified atom stereocenters. The molecule has 0 heterocycles. The van der Waals surface area contributed by atoms with E-state index in [-0.39, 0.29) is 22.6 Å². The minimum absolute atomic E-state index is 0.0687. The van der Waals surface area contributed by atoms with Crippen LogP contribution >= 0.6 is 0 Å². The van der Waals surface area contributed by atoms with Gasteiger partial charge in [0.15, 0.2) is 0 Å². The van der Waals surface area contributed by atoms with E-state index in [4.69, 9.17) is 10.5 Å². The molecule has 6 nitrogen and oxygen atoms in total. The number of hydrogen-bond acceptors (Lipinski definition) is 5. The van der Waals surface area contributed by atoms with Gasteiger partial charge in [-0.15, -0.1) is 0 Å². The molecule has 21 heavy (non-hydrogen) atoms. The van der Waals surface area contributed by atoms with Crippen LogP contribution in [0, 0.1) is 5.92 Å². The molecule has 0 saturated heterocycles. The highest BCUT2D eigenvalue weighted by Gasteiger charge is 2.23. The predicted molar refractivity (Wildman–Crippen MR) is 80.6 cm³/mol. The average Bonchev–Trinajstić information content (AvgIpc) is 2.46. The Balaban J connectivity index is 2.01. The van der Waals surface area contributed by atoms with E-state index < -0.39 is 10.0 Å². The molecule has 1 aliphatic carbocycles. The number of benzene rings is 1. The second kappa shape index (κ2) is 6.64. The Bertz CT molecular complexity index is 581. The van der Waals surface area contributed by atoms with E-state index in [1.165, 1.54) is 19.2 Å². The van der Waals surface area contributed by atoms with Crippen LogP contribution in [0.2, 0.25) is 0 Å². The zero-order valence-electron chi connectivity index (χ0n) is 12.1. The smallest absolute Gasteiger partial charge is 0.242 e. The second-order valence-electron chi connectivity index (χ2n) is 5.43. The summed E-state index contributed by atoms with van der Waals surface area (Å²) in [7, 11) is -2.12. The number of methoxy groups -OCH3 is 1. The molecule has 2 rings (SSSR count). The summed E-state index contributed by atoms with van der Waals surface area (Å²) < 4.78 is 32.2. The first-order chi connectivity index (χ1) is 9.92. The maximum Gasteiger partial charge on any atom is 0.242 e. The van der Waals surface area contributed by atoms with Crippen molar-refractivity contribution in [3.05, 3.63) is 18.2 Å². The van der Waals surface area contributed by atoms with Crippen molar-refractivity contribution in [3.8, 4) is 5.75 Å². The molecule has 1 saturated carbocycles. The molecule has 0 aliphatic heterocycles. The van der Waals surface area contributed by atoms with Gasteiger partial charge >= 0.3 is 0 Å². The monoisotopic (exact) mass is 314 g/mol. The highest BCUT2D eigenvalue weighted by molar-refractivity contribution is 7.89. The normalized spacial score (nSPS) is 23.0. The second-order valence-corrected chi connectivity index (χ2v) is 7.17. The molecule has 1 aromatic carbocycles. The van der Waals surface area contributed by atoms with E-state index in [0.717, 1.165) is 25.7 Å². The average molecular weight is 314 g/mol. The summed E-state index contributed by atoms with van der Waals surface area (Å²) in [6, 6.07) is 4.51. The maximum absolute atomic E-state index is 12.3. The van der Waals surface area contributed by atoms with Crippen molar-refractivity contribution in [1.29, 1.82) is 0 Å². The molecule has 0 amide bonds. The third-order valence-corrected chi connectivity index (χ3v) is 5.38. The lowest BCUT2D eigenvalue weighted by molar-refractivity contribution is 0.110. The number of rotatable bonds is 5. The van der Waals surface area contributed by atoms with E-state index in [0.29, 0.717) is 12.3 Å².